The van der Waals surface area contributed by atoms with Gasteiger partial charge in [0.1, 0.15) is 15.8 Å². The van der Waals surface area contributed by atoms with Crippen LogP contribution in [0.4, 0.5) is 5.82 Å². The van der Waals surface area contributed by atoms with Crippen LogP contribution >= 0.6 is 24.0 Å². The Morgan fingerprint density at radius 1 is 1.28 bits per heavy atom. The molecule has 4 heterocycles. The van der Waals surface area contributed by atoms with E-state index in [4.69, 9.17) is 17.0 Å². The van der Waals surface area contributed by atoms with Crippen LogP contribution in [-0.4, -0.2) is 74.8 Å². The van der Waals surface area contributed by atoms with Gasteiger partial charge in [-0.05, 0) is 45.0 Å². The number of ether oxygens (including phenoxy) is 1. The van der Waals surface area contributed by atoms with E-state index in [0.29, 0.717) is 32.8 Å². The molecule has 1 N–H and O–H groups in total. The molecule has 0 bridgehead atoms. The van der Waals surface area contributed by atoms with Crippen LogP contribution in [0.3, 0.4) is 0 Å². The number of carbonyl (C=O) groups is 1. The summed E-state index contributed by atoms with van der Waals surface area (Å²) in [5.41, 5.74) is 0.700. The third-order valence-electron chi connectivity index (χ3n) is 5.43. The molecule has 170 valence electrons. The van der Waals surface area contributed by atoms with Gasteiger partial charge in [-0.3, -0.25) is 23.8 Å². The van der Waals surface area contributed by atoms with E-state index >= 15 is 0 Å². The fourth-order valence-corrected chi connectivity index (χ4v) is 5.26. The average Bonchev–Trinajstić information content (AvgIpc) is 3.07. The van der Waals surface area contributed by atoms with E-state index in [1.807, 2.05) is 19.9 Å². The van der Waals surface area contributed by atoms with Crippen molar-refractivity contribution < 1.29 is 9.53 Å². The predicted octanol–water partition coefficient (Wildman–Crippen LogP) is 2.44. The van der Waals surface area contributed by atoms with Crippen LogP contribution in [0.15, 0.2) is 34.1 Å². The number of aromatic nitrogens is 2. The van der Waals surface area contributed by atoms with Crippen molar-refractivity contribution in [3.8, 4) is 0 Å². The largest absolute Gasteiger partial charge is 0.379 e. The number of thioether (sulfide) groups is 1. The van der Waals surface area contributed by atoms with Gasteiger partial charge in [-0.1, -0.05) is 30.0 Å². The molecule has 0 aromatic carbocycles. The second-order valence-corrected chi connectivity index (χ2v) is 9.66. The Bertz CT molecular complexity index is 1110. The van der Waals surface area contributed by atoms with Crippen LogP contribution < -0.4 is 10.9 Å². The van der Waals surface area contributed by atoms with Gasteiger partial charge in [0.25, 0.3) is 11.5 Å². The van der Waals surface area contributed by atoms with Crippen molar-refractivity contribution in [3.63, 3.8) is 0 Å². The van der Waals surface area contributed by atoms with Crippen LogP contribution in [0, 0.1) is 0 Å². The van der Waals surface area contributed by atoms with Crippen LogP contribution in [0.2, 0.25) is 0 Å². The highest BCUT2D eigenvalue weighted by Crippen LogP contribution is 2.34. The zero-order chi connectivity index (χ0) is 22.7. The fraction of sp³-hybridized carbons (Fsp3) is 0.455. The third-order valence-corrected chi connectivity index (χ3v) is 6.76. The molecule has 0 unspecified atom stereocenters. The molecule has 0 saturated carbocycles. The monoisotopic (exact) mass is 473 g/mol. The molecule has 8 nitrogen and oxygen atoms in total. The standard InChI is InChI=1S/C22H27N5O3S2/c1-15(2)27-21(29)17(32-22(27)31)14-16-19(23-7-5-8-25-10-12-30-13-11-25)24-18-6-3-4-9-26(18)20(16)28/h3-4,6,9,14-15,23H,5,7-8,10-13H2,1-2H3/b17-14-. The highest BCUT2D eigenvalue weighted by molar-refractivity contribution is 8.26. The predicted molar refractivity (Wildman–Crippen MR) is 132 cm³/mol. The third kappa shape index (κ3) is 4.88. The summed E-state index contributed by atoms with van der Waals surface area (Å²) in [5.74, 6) is 0.309. The molecule has 2 aliphatic heterocycles. The van der Waals surface area contributed by atoms with Crippen LogP contribution in [-0.2, 0) is 9.53 Å². The number of hydrogen-bond donors (Lipinski definition) is 1. The maximum Gasteiger partial charge on any atom is 0.267 e. The molecule has 0 spiro atoms. The second kappa shape index (κ2) is 10.1. The van der Waals surface area contributed by atoms with Gasteiger partial charge in [-0.2, -0.15) is 0 Å². The van der Waals surface area contributed by atoms with E-state index in [-0.39, 0.29) is 17.5 Å². The molecular formula is C22H27N5O3S2. The lowest BCUT2D eigenvalue weighted by molar-refractivity contribution is -0.123. The lowest BCUT2D eigenvalue weighted by atomic mass is 10.2. The van der Waals surface area contributed by atoms with Gasteiger partial charge in [0.2, 0.25) is 0 Å². The SMILES string of the molecule is CC(C)N1C(=O)/C(=C/c2c(NCCCN3CCOCC3)nc3ccccn3c2=O)SC1=S. The van der Waals surface area contributed by atoms with Crippen molar-refractivity contribution in [3.05, 3.63) is 45.2 Å². The maximum absolute atomic E-state index is 13.3. The highest BCUT2D eigenvalue weighted by Gasteiger charge is 2.34. The van der Waals surface area contributed by atoms with E-state index in [2.05, 4.69) is 15.2 Å². The maximum atomic E-state index is 13.3. The lowest BCUT2D eigenvalue weighted by Crippen LogP contribution is -2.37. The Morgan fingerprint density at radius 2 is 2.06 bits per heavy atom. The molecule has 0 radical (unpaired) electrons. The molecule has 32 heavy (non-hydrogen) atoms. The number of morpholine rings is 1. The number of pyridine rings is 1. The molecule has 1 amide bonds. The molecule has 4 rings (SSSR count). The molecule has 10 heteroatoms. The lowest BCUT2D eigenvalue weighted by Gasteiger charge is -2.26. The number of hydrogen-bond acceptors (Lipinski definition) is 8. The molecule has 2 saturated heterocycles. The summed E-state index contributed by atoms with van der Waals surface area (Å²) in [6, 6.07) is 5.38. The number of nitrogens with one attached hydrogen (secondary N) is 1. The number of carbonyl (C=O) groups excluding carboxylic acids is 1. The molecule has 0 aliphatic carbocycles. The molecular weight excluding hydrogens is 446 g/mol. The summed E-state index contributed by atoms with van der Waals surface area (Å²) in [7, 11) is 0. The van der Waals surface area contributed by atoms with Crippen LogP contribution in [0.1, 0.15) is 25.8 Å². The van der Waals surface area contributed by atoms with Gasteiger partial charge >= 0.3 is 0 Å². The van der Waals surface area contributed by atoms with Crippen molar-refractivity contribution in [2.75, 3.05) is 44.7 Å². The smallest absolute Gasteiger partial charge is 0.267 e. The summed E-state index contributed by atoms with van der Waals surface area (Å²) in [6.45, 7) is 8.89. The van der Waals surface area contributed by atoms with Gasteiger partial charge in [0.05, 0.1) is 23.7 Å². The quantitative estimate of drug-likeness (QED) is 0.373. The minimum absolute atomic E-state index is 0.0398. The number of rotatable bonds is 7. The van der Waals surface area contributed by atoms with Crippen LogP contribution in [0.25, 0.3) is 11.7 Å². The van der Waals surface area contributed by atoms with Crippen molar-refractivity contribution in [1.29, 1.82) is 0 Å². The van der Waals surface area contributed by atoms with Crippen LogP contribution in [0.5, 0.6) is 0 Å². The van der Waals surface area contributed by atoms with E-state index in [1.54, 1.807) is 29.3 Å². The number of anilines is 1. The number of thiocarbonyl (C=S) groups is 1. The first-order valence-electron chi connectivity index (χ1n) is 10.8. The first-order valence-corrected chi connectivity index (χ1v) is 12.0. The topological polar surface area (TPSA) is 79.2 Å². The van der Waals surface area contributed by atoms with Crippen molar-refractivity contribution >= 4 is 51.7 Å². The molecule has 2 aliphatic rings. The fourth-order valence-electron chi connectivity index (χ4n) is 3.76. The summed E-state index contributed by atoms with van der Waals surface area (Å²) in [5, 5.41) is 3.33. The molecule has 2 aromatic heterocycles. The van der Waals surface area contributed by atoms with Gasteiger partial charge in [-0.15, -0.1) is 0 Å². The van der Waals surface area contributed by atoms with Gasteiger partial charge in [-0.25, -0.2) is 4.98 Å². The number of nitrogens with zero attached hydrogens (tertiary/aromatic N) is 4. The second-order valence-electron chi connectivity index (χ2n) is 7.99. The summed E-state index contributed by atoms with van der Waals surface area (Å²) in [4.78, 5) is 35.2. The minimum Gasteiger partial charge on any atom is -0.379 e. The van der Waals surface area contributed by atoms with E-state index in [1.165, 1.54) is 16.2 Å². The van der Waals surface area contributed by atoms with Crippen molar-refractivity contribution in [1.82, 2.24) is 19.2 Å². The first kappa shape index (κ1) is 22.9. The summed E-state index contributed by atoms with van der Waals surface area (Å²) >= 11 is 6.60. The normalized spacial score (nSPS) is 19.0. The van der Waals surface area contributed by atoms with Gasteiger partial charge in [0, 0.05) is 31.9 Å². The number of fused-ring (bicyclic) bond motifs is 1. The van der Waals surface area contributed by atoms with Gasteiger partial charge in [0.15, 0.2) is 0 Å². The molecule has 0 atom stereocenters. The Kier molecular flexibility index (Phi) is 7.24. The average molecular weight is 474 g/mol. The van der Waals surface area contributed by atoms with E-state index in [9.17, 15) is 9.59 Å². The molecule has 2 aromatic rings. The minimum atomic E-state index is -0.221. The zero-order valence-corrected chi connectivity index (χ0v) is 19.9. The number of amides is 1. The van der Waals surface area contributed by atoms with Gasteiger partial charge < -0.3 is 10.1 Å². The zero-order valence-electron chi connectivity index (χ0n) is 18.2. The van der Waals surface area contributed by atoms with Crippen molar-refractivity contribution in [2.45, 2.75) is 26.3 Å². The summed E-state index contributed by atoms with van der Waals surface area (Å²) in [6.07, 6.45) is 4.22. The van der Waals surface area contributed by atoms with E-state index < -0.39 is 0 Å². The Labute approximate surface area is 196 Å². The first-order chi connectivity index (χ1) is 15.5. The highest BCUT2D eigenvalue weighted by atomic mass is 32.2. The summed E-state index contributed by atoms with van der Waals surface area (Å²) < 4.78 is 7.39. The van der Waals surface area contributed by atoms with Crippen molar-refractivity contribution in [2.24, 2.45) is 0 Å². The Morgan fingerprint density at radius 3 is 2.78 bits per heavy atom. The Balaban J connectivity index is 1.60. The Hall–Kier alpha value is -2.27. The van der Waals surface area contributed by atoms with E-state index in [0.717, 1.165) is 39.3 Å². The molecule has 2 fully saturated rings.